The molecule has 3 aromatic carbocycles. The standard InChI is InChI=1S/C29H29N3O2/c1-32-13-12-29-16-23-22(30-28(31-23)20-9-5-7-17-6-3-4-8-19(17)20)15-21(29)24(32)14-18-10-11-25(34-2)27(33)26(18)29/h3-11,21,24,33H,12-16H2,1-2H3,(H,30,31)/t21-,24+,29-/m1/s1. The lowest BCUT2D eigenvalue weighted by molar-refractivity contribution is 0.0215. The molecule has 2 bridgehead atoms. The smallest absolute Gasteiger partial charge is 0.161 e. The van der Waals surface area contributed by atoms with Crippen LogP contribution in [0.2, 0.25) is 0 Å². The molecule has 1 saturated heterocycles. The van der Waals surface area contributed by atoms with Crippen molar-refractivity contribution in [2.75, 3.05) is 20.7 Å². The Morgan fingerprint density at radius 3 is 2.82 bits per heavy atom. The molecule has 5 nitrogen and oxygen atoms in total. The molecule has 7 rings (SSSR count). The summed E-state index contributed by atoms with van der Waals surface area (Å²) in [6.07, 6.45) is 3.80. The number of rotatable bonds is 2. The number of likely N-dealkylation sites (N-methyl/N-ethyl adjacent to an activating group) is 1. The van der Waals surface area contributed by atoms with Crippen molar-refractivity contribution in [3.05, 3.63) is 77.1 Å². The number of methoxy groups -OCH3 is 1. The third kappa shape index (κ3) is 2.62. The number of hydrogen-bond donors (Lipinski definition) is 2. The van der Waals surface area contributed by atoms with Gasteiger partial charge in [0.2, 0.25) is 0 Å². The van der Waals surface area contributed by atoms with E-state index in [0.29, 0.717) is 23.5 Å². The average molecular weight is 452 g/mol. The zero-order valence-electron chi connectivity index (χ0n) is 19.6. The van der Waals surface area contributed by atoms with Crippen LogP contribution >= 0.6 is 0 Å². The lowest BCUT2D eigenvalue weighted by Gasteiger charge is -2.57. The van der Waals surface area contributed by atoms with Crippen LogP contribution in [0.4, 0.5) is 0 Å². The fourth-order valence-electron chi connectivity index (χ4n) is 7.22. The summed E-state index contributed by atoms with van der Waals surface area (Å²) in [7, 11) is 3.89. The Balaban J connectivity index is 1.40. The molecule has 4 aromatic rings. The summed E-state index contributed by atoms with van der Waals surface area (Å²) in [5, 5.41) is 13.8. The number of aromatic amines is 1. The van der Waals surface area contributed by atoms with E-state index < -0.39 is 0 Å². The van der Waals surface area contributed by atoms with Crippen LogP contribution in [0.3, 0.4) is 0 Å². The molecule has 1 aromatic heterocycles. The summed E-state index contributed by atoms with van der Waals surface area (Å²) in [5.41, 5.74) is 5.85. The number of benzene rings is 3. The van der Waals surface area contributed by atoms with Crippen molar-refractivity contribution < 1.29 is 9.84 Å². The number of hydrogen-bond acceptors (Lipinski definition) is 4. The van der Waals surface area contributed by atoms with Gasteiger partial charge in [-0.1, -0.05) is 48.5 Å². The Bertz CT molecular complexity index is 1440. The van der Waals surface area contributed by atoms with E-state index in [1.54, 1.807) is 7.11 Å². The minimum Gasteiger partial charge on any atom is -0.504 e. The van der Waals surface area contributed by atoms with Crippen molar-refractivity contribution in [3.8, 4) is 22.9 Å². The van der Waals surface area contributed by atoms with E-state index in [-0.39, 0.29) is 5.41 Å². The first kappa shape index (κ1) is 20.1. The van der Waals surface area contributed by atoms with E-state index in [1.807, 2.05) is 6.07 Å². The molecule has 5 heteroatoms. The van der Waals surface area contributed by atoms with Crippen molar-refractivity contribution in [3.63, 3.8) is 0 Å². The van der Waals surface area contributed by atoms with Gasteiger partial charge in [-0.3, -0.25) is 0 Å². The van der Waals surface area contributed by atoms with Crippen LogP contribution in [0.1, 0.15) is 28.9 Å². The van der Waals surface area contributed by atoms with Gasteiger partial charge in [-0.15, -0.1) is 0 Å². The number of imidazole rings is 1. The zero-order chi connectivity index (χ0) is 23.0. The Morgan fingerprint density at radius 2 is 1.94 bits per heavy atom. The lowest BCUT2D eigenvalue weighted by atomic mass is 9.52. The van der Waals surface area contributed by atoms with Crippen molar-refractivity contribution in [1.82, 2.24) is 14.9 Å². The molecule has 1 aliphatic heterocycles. The number of likely N-dealkylation sites (tertiary alicyclic amines) is 1. The molecular weight excluding hydrogens is 422 g/mol. The third-order valence-corrected chi connectivity index (χ3v) is 8.84. The van der Waals surface area contributed by atoms with Gasteiger partial charge < -0.3 is 19.7 Å². The van der Waals surface area contributed by atoms with Crippen LogP contribution in [-0.4, -0.2) is 46.7 Å². The number of H-pyrrole nitrogens is 1. The van der Waals surface area contributed by atoms with Gasteiger partial charge in [-0.2, -0.15) is 0 Å². The highest BCUT2D eigenvalue weighted by Gasteiger charge is 2.56. The second-order valence-corrected chi connectivity index (χ2v) is 10.3. The Kier molecular flexibility index (Phi) is 4.19. The van der Waals surface area contributed by atoms with Gasteiger partial charge in [0.1, 0.15) is 5.82 Å². The highest BCUT2D eigenvalue weighted by molar-refractivity contribution is 5.95. The molecule has 0 radical (unpaired) electrons. The second kappa shape index (κ2) is 7.09. The first-order chi connectivity index (χ1) is 16.6. The first-order valence-electron chi connectivity index (χ1n) is 12.2. The number of fused-ring (bicyclic) bond motifs is 3. The Labute approximate surface area is 199 Å². The van der Waals surface area contributed by atoms with Gasteiger partial charge in [0.05, 0.1) is 12.8 Å². The highest BCUT2D eigenvalue weighted by Crippen LogP contribution is 2.57. The van der Waals surface area contributed by atoms with Crippen molar-refractivity contribution in [1.29, 1.82) is 0 Å². The molecule has 34 heavy (non-hydrogen) atoms. The predicted molar refractivity (Wildman–Crippen MR) is 134 cm³/mol. The maximum Gasteiger partial charge on any atom is 0.161 e. The van der Waals surface area contributed by atoms with Crippen molar-refractivity contribution in [2.45, 2.75) is 37.1 Å². The Hall–Kier alpha value is -3.31. The van der Waals surface area contributed by atoms with Gasteiger partial charge in [0.15, 0.2) is 11.5 Å². The molecule has 2 N–H and O–H groups in total. The fraction of sp³-hybridized carbons (Fsp3) is 0.345. The van der Waals surface area contributed by atoms with Crippen LogP contribution in [0.5, 0.6) is 11.5 Å². The van der Waals surface area contributed by atoms with E-state index in [2.05, 4.69) is 65.5 Å². The molecule has 3 atom stereocenters. The number of piperidine rings is 1. The number of ether oxygens (including phenoxy) is 1. The highest BCUT2D eigenvalue weighted by atomic mass is 16.5. The fourth-order valence-corrected chi connectivity index (χ4v) is 7.22. The molecule has 0 spiro atoms. The van der Waals surface area contributed by atoms with Crippen LogP contribution in [-0.2, 0) is 24.7 Å². The molecule has 0 unspecified atom stereocenters. The number of nitrogens with zero attached hydrogens (tertiary/aromatic N) is 2. The Morgan fingerprint density at radius 1 is 1.09 bits per heavy atom. The largest absolute Gasteiger partial charge is 0.504 e. The average Bonchev–Trinajstić information content (AvgIpc) is 3.26. The molecule has 0 saturated carbocycles. The van der Waals surface area contributed by atoms with Crippen molar-refractivity contribution in [2.24, 2.45) is 5.92 Å². The van der Waals surface area contributed by atoms with Crippen molar-refractivity contribution >= 4 is 10.8 Å². The minimum absolute atomic E-state index is 0.0983. The maximum absolute atomic E-state index is 11.3. The van der Waals surface area contributed by atoms with Gasteiger partial charge in [0.25, 0.3) is 0 Å². The van der Waals surface area contributed by atoms with Gasteiger partial charge in [-0.05, 0) is 67.6 Å². The van der Waals surface area contributed by atoms with E-state index in [4.69, 9.17) is 9.72 Å². The third-order valence-electron chi connectivity index (χ3n) is 8.84. The summed E-state index contributed by atoms with van der Waals surface area (Å²) in [4.78, 5) is 11.4. The lowest BCUT2D eigenvalue weighted by Crippen LogP contribution is -2.61. The summed E-state index contributed by atoms with van der Waals surface area (Å²) in [6, 6.07) is 19.5. The number of phenolic OH excluding ortho intramolecular Hbond substituents is 1. The summed E-state index contributed by atoms with van der Waals surface area (Å²) >= 11 is 0. The second-order valence-electron chi connectivity index (χ2n) is 10.3. The van der Waals surface area contributed by atoms with Crippen LogP contribution in [0.15, 0.2) is 54.6 Å². The normalized spacial score (nSPS) is 25.5. The maximum atomic E-state index is 11.3. The van der Waals surface area contributed by atoms with E-state index >= 15 is 0 Å². The molecule has 2 aliphatic carbocycles. The molecule has 0 amide bonds. The quantitative estimate of drug-likeness (QED) is 0.457. The van der Waals surface area contributed by atoms with Gasteiger partial charge in [0, 0.05) is 28.3 Å². The molecule has 1 fully saturated rings. The first-order valence-corrected chi connectivity index (χ1v) is 12.2. The molecule has 3 aliphatic rings. The van der Waals surface area contributed by atoms with E-state index in [0.717, 1.165) is 49.2 Å². The SMILES string of the molecule is COc1ccc2c(c1O)[C@@]13CCN(C)[C@@H](C2)[C@H]1Cc1nc(-c2cccc4ccccc24)[nH]c1C3. The summed E-state index contributed by atoms with van der Waals surface area (Å²) in [5.74, 6) is 2.30. The molecular formula is C29H29N3O2. The van der Waals surface area contributed by atoms with E-state index in [1.165, 1.54) is 27.7 Å². The number of aromatic nitrogens is 2. The number of phenols is 1. The topological polar surface area (TPSA) is 61.4 Å². The van der Waals surface area contributed by atoms with Crippen LogP contribution in [0, 0.1) is 5.92 Å². The molecule has 2 heterocycles. The summed E-state index contributed by atoms with van der Waals surface area (Å²) < 4.78 is 5.54. The van der Waals surface area contributed by atoms with Gasteiger partial charge >= 0.3 is 0 Å². The van der Waals surface area contributed by atoms with E-state index in [9.17, 15) is 5.11 Å². The molecule has 172 valence electrons. The monoisotopic (exact) mass is 451 g/mol. The number of aromatic hydroxyl groups is 1. The van der Waals surface area contributed by atoms with Crippen LogP contribution < -0.4 is 4.74 Å². The summed E-state index contributed by atoms with van der Waals surface area (Å²) in [6.45, 7) is 1.04. The zero-order valence-corrected chi connectivity index (χ0v) is 19.6. The van der Waals surface area contributed by atoms with Crippen LogP contribution in [0.25, 0.3) is 22.2 Å². The number of nitrogens with one attached hydrogen (secondary N) is 1. The minimum atomic E-state index is -0.0983. The van der Waals surface area contributed by atoms with Gasteiger partial charge in [-0.25, -0.2) is 4.98 Å². The predicted octanol–water partition coefficient (Wildman–Crippen LogP) is 4.86.